The number of hydrogen-bond acceptors (Lipinski definition) is 4. The number of hydrogen-bond donors (Lipinski definition) is 1. The molecule has 0 aliphatic heterocycles. The lowest BCUT2D eigenvalue weighted by Gasteiger charge is -2.12. The van der Waals surface area contributed by atoms with Gasteiger partial charge in [-0.25, -0.2) is 0 Å². The Morgan fingerprint density at radius 1 is 1.00 bits per heavy atom. The molecule has 11 heteroatoms. The predicted molar refractivity (Wildman–Crippen MR) is 58.3 cm³/mol. The number of rotatable bonds is 2. The molecule has 0 fully saturated rings. The Labute approximate surface area is 117 Å². The van der Waals surface area contributed by atoms with Crippen molar-refractivity contribution >= 4 is 5.91 Å². The second kappa shape index (κ2) is 5.00. The van der Waals surface area contributed by atoms with Gasteiger partial charge in [0.25, 0.3) is 0 Å². The molecule has 0 unspecified atom stereocenters. The predicted octanol–water partition coefficient (Wildman–Crippen LogP) is 2.87. The monoisotopic (exact) mass is 325 g/mol. The summed E-state index contributed by atoms with van der Waals surface area (Å²) in [6.45, 7) is 0. The van der Waals surface area contributed by atoms with Crippen LogP contribution >= 0.6 is 0 Å². The van der Waals surface area contributed by atoms with Gasteiger partial charge in [-0.1, -0.05) is 5.16 Å². The maximum Gasteiger partial charge on any atom is 0.416 e. The number of aromatic nitrogens is 2. The van der Waals surface area contributed by atoms with Crippen LogP contribution in [0.4, 0.5) is 26.3 Å². The molecular weight excluding hydrogens is 320 g/mol. The first-order valence-corrected chi connectivity index (χ1v) is 5.42. The summed E-state index contributed by atoms with van der Waals surface area (Å²) in [5.74, 6) is -2.52. The van der Waals surface area contributed by atoms with Crippen molar-refractivity contribution in [2.75, 3.05) is 0 Å². The third kappa shape index (κ3) is 3.18. The number of amides is 1. The summed E-state index contributed by atoms with van der Waals surface area (Å²) in [4.78, 5) is 14.1. The van der Waals surface area contributed by atoms with Crippen molar-refractivity contribution in [1.82, 2.24) is 10.1 Å². The topological polar surface area (TPSA) is 82.0 Å². The molecule has 1 heterocycles. The number of carbonyl (C=O) groups excluding carboxylic acids is 1. The first-order valence-electron chi connectivity index (χ1n) is 5.42. The van der Waals surface area contributed by atoms with Crippen molar-refractivity contribution < 1.29 is 35.7 Å². The quantitative estimate of drug-likeness (QED) is 0.861. The number of nitrogens with zero attached hydrogens (tertiary/aromatic N) is 2. The summed E-state index contributed by atoms with van der Waals surface area (Å²) >= 11 is 0. The number of carbonyl (C=O) groups is 1. The van der Waals surface area contributed by atoms with Gasteiger partial charge in [0.15, 0.2) is 0 Å². The average Bonchev–Trinajstić information content (AvgIpc) is 2.85. The van der Waals surface area contributed by atoms with Crippen molar-refractivity contribution in [3.63, 3.8) is 0 Å². The van der Waals surface area contributed by atoms with Gasteiger partial charge in [-0.3, -0.25) is 4.79 Å². The van der Waals surface area contributed by atoms with Gasteiger partial charge in [-0.15, -0.1) is 0 Å². The molecular formula is C11H5F6N3O2. The Kier molecular flexibility index (Phi) is 3.59. The van der Waals surface area contributed by atoms with Crippen LogP contribution in [-0.2, 0) is 12.4 Å². The van der Waals surface area contributed by atoms with E-state index in [-0.39, 0.29) is 6.07 Å². The standard InChI is InChI=1S/C11H5F6N3O2/c12-10(13,14)5-1-4(2-6(3-5)11(15,16)17)8-19-9(7(18)21)22-20-8/h1-3H,(H2,18,21). The van der Waals surface area contributed by atoms with Crippen LogP contribution in [0, 0.1) is 0 Å². The Bertz CT molecular complexity index is 687. The minimum atomic E-state index is -5.01. The zero-order valence-electron chi connectivity index (χ0n) is 10.3. The van der Waals surface area contributed by atoms with Crippen molar-refractivity contribution in [2.45, 2.75) is 12.4 Å². The van der Waals surface area contributed by atoms with Crippen molar-refractivity contribution in [3.05, 3.63) is 35.2 Å². The van der Waals surface area contributed by atoms with E-state index in [2.05, 4.69) is 14.7 Å². The number of alkyl halides is 6. The van der Waals surface area contributed by atoms with Crippen LogP contribution in [0.25, 0.3) is 11.4 Å². The molecule has 0 aliphatic carbocycles. The molecule has 0 radical (unpaired) electrons. The number of primary amides is 1. The molecule has 2 aromatic rings. The van der Waals surface area contributed by atoms with Crippen molar-refractivity contribution in [3.8, 4) is 11.4 Å². The van der Waals surface area contributed by atoms with Gasteiger partial charge in [0.1, 0.15) is 0 Å². The molecule has 2 rings (SSSR count). The van der Waals surface area contributed by atoms with E-state index in [1.165, 1.54) is 0 Å². The summed E-state index contributed by atoms with van der Waals surface area (Å²) in [6, 6.07) is 0.772. The fourth-order valence-electron chi connectivity index (χ4n) is 1.52. The van der Waals surface area contributed by atoms with E-state index in [1.807, 2.05) is 0 Å². The molecule has 0 bridgehead atoms. The van der Waals surface area contributed by atoms with Crippen LogP contribution in [0.2, 0.25) is 0 Å². The molecule has 0 spiro atoms. The Morgan fingerprint density at radius 3 is 1.86 bits per heavy atom. The molecule has 2 N–H and O–H groups in total. The van der Waals surface area contributed by atoms with E-state index in [0.717, 1.165) is 0 Å². The highest BCUT2D eigenvalue weighted by molar-refractivity contribution is 5.88. The largest absolute Gasteiger partial charge is 0.416 e. The van der Waals surface area contributed by atoms with E-state index in [4.69, 9.17) is 5.73 Å². The molecule has 0 saturated carbocycles. The molecule has 1 aromatic carbocycles. The highest BCUT2D eigenvalue weighted by atomic mass is 19.4. The smallest absolute Gasteiger partial charge is 0.361 e. The van der Waals surface area contributed by atoms with E-state index >= 15 is 0 Å². The lowest BCUT2D eigenvalue weighted by atomic mass is 10.0. The number of halogens is 6. The van der Waals surface area contributed by atoms with Crippen LogP contribution in [0.15, 0.2) is 22.7 Å². The normalized spacial score (nSPS) is 12.5. The van der Waals surface area contributed by atoms with E-state index in [1.54, 1.807) is 0 Å². The molecule has 0 saturated heterocycles. The number of nitrogens with two attached hydrogens (primary N) is 1. The minimum absolute atomic E-state index is 0.0431. The second-order valence-corrected chi connectivity index (χ2v) is 4.08. The number of benzene rings is 1. The summed E-state index contributed by atoms with van der Waals surface area (Å²) in [5, 5.41) is 3.13. The summed E-state index contributed by atoms with van der Waals surface area (Å²) in [7, 11) is 0. The first kappa shape index (κ1) is 15.8. The van der Waals surface area contributed by atoms with Crippen LogP contribution in [0.5, 0.6) is 0 Å². The highest BCUT2D eigenvalue weighted by Crippen LogP contribution is 2.38. The molecule has 0 aliphatic rings. The van der Waals surface area contributed by atoms with Gasteiger partial charge < -0.3 is 10.3 Å². The minimum Gasteiger partial charge on any atom is -0.361 e. The van der Waals surface area contributed by atoms with Crippen LogP contribution in [-0.4, -0.2) is 16.0 Å². The summed E-state index contributed by atoms with van der Waals surface area (Å²) in [5.41, 5.74) is 1.12. The SMILES string of the molecule is NC(=O)c1nc(-c2cc(C(F)(F)F)cc(C(F)(F)F)c2)no1. The Balaban J connectivity index is 2.61. The molecule has 0 atom stereocenters. The molecule has 118 valence electrons. The molecule has 1 aromatic heterocycles. The van der Waals surface area contributed by atoms with E-state index in [9.17, 15) is 31.1 Å². The van der Waals surface area contributed by atoms with E-state index in [0.29, 0.717) is 12.1 Å². The third-order valence-electron chi connectivity index (χ3n) is 2.48. The van der Waals surface area contributed by atoms with Gasteiger partial charge >= 0.3 is 24.2 Å². The average molecular weight is 325 g/mol. The Hall–Kier alpha value is -2.59. The Morgan fingerprint density at radius 2 is 1.50 bits per heavy atom. The van der Waals surface area contributed by atoms with Crippen LogP contribution < -0.4 is 5.73 Å². The van der Waals surface area contributed by atoms with Gasteiger partial charge in [0.05, 0.1) is 11.1 Å². The lowest BCUT2D eigenvalue weighted by Crippen LogP contribution is -2.12. The lowest BCUT2D eigenvalue weighted by molar-refractivity contribution is -0.143. The maximum atomic E-state index is 12.7. The van der Waals surface area contributed by atoms with E-state index < -0.39 is 46.7 Å². The maximum absolute atomic E-state index is 12.7. The molecule has 22 heavy (non-hydrogen) atoms. The first-order chi connectivity index (χ1) is 9.98. The highest BCUT2D eigenvalue weighted by Gasteiger charge is 2.37. The fraction of sp³-hybridized carbons (Fsp3) is 0.182. The molecule has 5 nitrogen and oxygen atoms in total. The van der Waals surface area contributed by atoms with Gasteiger partial charge in [0, 0.05) is 5.56 Å². The van der Waals surface area contributed by atoms with Crippen molar-refractivity contribution in [1.29, 1.82) is 0 Å². The zero-order valence-corrected chi connectivity index (χ0v) is 10.3. The van der Waals surface area contributed by atoms with Crippen LogP contribution in [0.1, 0.15) is 21.8 Å². The molecule has 1 amide bonds. The van der Waals surface area contributed by atoms with Crippen LogP contribution in [0.3, 0.4) is 0 Å². The third-order valence-corrected chi connectivity index (χ3v) is 2.48. The summed E-state index contributed by atoms with van der Waals surface area (Å²) < 4.78 is 80.4. The second-order valence-electron chi connectivity index (χ2n) is 4.08. The zero-order chi connectivity index (χ0) is 16.7. The van der Waals surface area contributed by atoms with Gasteiger partial charge in [0.2, 0.25) is 5.82 Å². The van der Waals surface area contributed by atoms with Crippen molar-refractivity contribution in [2.24, 2.45) is 5.73 Å². The summed E-state index contributed by atoms with van der Waals surface area (Å²) in [6.07, 6.45) is -10.0. The van der Waals surface area contributed by atoms with Gasteiger partial charge in [-0.2, -0.15) is 31.3 Å². The fourth-order valence-corrected chi connectivity index (χ4v) is 1.52. The van der Waals surface area contributed by atoms with Gasteiger partial charge in [-0.05, 0) is 18.2 Å².